The zero-order chi connectivity index (χ0) is 15.4. The molecule has 0 N–H and O–H groups in total. The van der Waals surface area contributed by atoms with Gasteiger partial charge in [0.25, 0.3) is 5.69 Å². The van der Waals surface area contributed by atoms with Crippen LogP contribution in [-0.2, 0) is 4.74 Å². The van der Waals surface area contributed by atoms with Crippen LogP contribution in [0.15, 0.2) is 48.5 Å². The van der Waals surface area contributed by atoms with E-state index >= 15 is 0 Å². The molecule has 0 aliphatic carbocycles. The number of halogens is 1. The maximum absolute atomic E-state index is 12.8. The first-order valence-electron chi connectivity index (χ1n) is 6.18. The van der Waals surface area contributed by atoms with Crippen molar-refractivity contribution in [3.63, 3.8) is 0 Å². The van der Waals surface area contributed by atoms with E-state index < -0.39 is 17.0 Å². The van der Waals surface area contributed by atoms with Crippen molar-refractivity contribution in [2.45, 2.75) is 13.0 Å². The van der Waals surface area contributed by atoms with Gasteiger partial charge in [-0.1, -0.05) is 12.1 Å². The molecule has 0 radical (unpaired) electrons. The molecule has 21 heavy (non-hydrogen) atoms. The summed E-state index contributed by atoms with van der Waals surface area (Å²) in [6.45, 7) is 1.66. The molecule has 0 aromatic heterocycles. The third-order valence-electron chi connectivity index (χ3n) is 2.94. The van der Waals surface area contributed by atoms with Crippen LogP contribution in [0.4, 0.5) is 10.1 Å². The predicted molar refractivity (Wildman–Crippen MR) is 73.3 cm³/mol. The fourth-order valence-electron chi connectivity index (χ4n) is 1.75. The van der Waals surface area contributed by atoms with E-state index in [1.807, 2.05) is 0 Å². The minimum absolute atomic E-state index is 0.0990. The number of ether oxygens (including phenoxy) is 1. The summed E-state index contributed by atoms with van der Waals surface area (Å²) in [5, 5.41) is 10.5. The average Bonchev–Trinajstić information content (AvgIpc) is 2.47. The molecule has 108 valence electrons. The van der Waals surface area contributed by atoms with Crippen LogP contribution in [0.25, 0.3) is 0 Å². The summed E-state index contributed by atoms with van der Waals surface area (Å²) >= 11 is 0. The van der Waals surface area contributed by atoms with Crippen molar-refractivity contribution in [1.82, 2.24) is 0 Å². The molecule has 0 saturated carbocycles. The van der Waals surface area contributed by atoms with Gasteiger partial charge < -0.3 is 4.74 Å². The van der Waals surface area contributed by atoms with Crippen molar-refractivity contribution in [3.05, 3.63) is 75.6 Å². The van der Waals surface area contributed by atoms with Crippen LogP contribution >= 0.6 is 0 Å². The van der Waals surface area contributed by atoms with Crippen molar-refractivity contribution in [2.75, 3.05) is 0 Å². The Labute approximate surface area is 120 Å². The summed E-state index contributed by atoms with van der Waals surface area (Å²) in [5.41, 5.74) is 0.777. The number of hydrogen-bond donors (Lipinski definition) is 0. The number of carbonyl (C=O) groups excluding carboxylic acids is 1. The summed E-state index contributed by atoms with van der Waals surface area (Å²) in [6, 6.07) is 10.8. The summed E-state index contributed by atoms with van der Waals surface area (Å²) in [6.07, 6.45) is -0.548. The molecule has 0 heterocycles. The van der Waals surface area contributed by atoms with E-state index in [9.17, 15) is 19.3 Å². The number of nitro benzene ring substituents is 1. The van der Waals surface area contributed by atoms with Gasteiger partial charge in [-0.3, -0.25) is 10.1 Å². The Morgan fingerprint density at radius 2 is 1.71 bits per heavy atom. The molecule has 1 atom stereocenters. The number of nitrogens with zero attached hydrogens (tertiary/aromatic N) is 1. The van der Waals surface area contributed by atoms with Crippen molar-refractivity contribution >= 4 is 11.7 Å². The molecular weight excluding hydrogens is 277 g/mol. The van der Waals surface area contributed by atoms with Crippen LogP contribution < -0.4 is 0 Å². The van der Waals surface area contributed by atoms with Crippen molar-refractivity contribution in [1.29, 1.82) is 0 Å². The molecule has 2 aromatic carbocycles. The fraction of sp³-hybridized carbons (Fsp3) is 0.133. The Bertz CT molecular complexity index is 652. The molecule has 0 saturated heterocycles. The minimum atomic E-state index is -0.596. The van der Waals surface area contributed by atoms with Crippen LogP contribution in [0.1, 0.15) is 28.9 Å². The highest BCUT2D eigenvalue weighted by Gasteiger charge is 2.15. The van der Waals surface area contributed by atoms with Gasteiger partial charge in [-0.2, -0.15) is 0 Å². The van der Waals surface area contributed by atoms with E-state index in [1.54, 1.807) is 6.92 Å². The minimum Gasteiger partial charge on any atom is -0.454 e. The van der Waals surface area contributed by atoms with Gasteiger partial charge in [0.15, 0.2) is 0 Å². The first kappa shape index (κ1) is 14.6. The number of non-ortho nitro benzene ring substituents is 1. The highest BCUT2D eigenvalue weighted by Crippen LogP contribution is 2.20. The van der Waals surface area contributed by atoms with E-state index in [2.05, 4.69) is 0 Å². The third-order valence-corrected chi connectivity index (χ3v) is 2.94. The van der Waals surface area contributed by atoms with Crippen LogP contribution in [0.2, 0.25) is 0 Å². The number of esters is 1. The fourth-order valence-corrected chi connectivity index (χ4v) is 1.75. The highest BCUT2D eigenvalue weighted by atomic mass is 19.1. The van der Waals surface area contributed by atoms with Crippen LogP contribution in [-0.4, -0.2) is 10.9 Å². The first-order chi connectivity index (χ1) is 9.97. The molecule has 0 bridgehead atoms. The molecule has 0 unspecified atom stereocenters. The summed E-state index contributed by atoms with van der Waals surface area (Å²) in [5.74, 6) is -0.964. The van der Waals surface area contributed by atoms with Crippen LogP contribution in [0, 0.1) is 15.9 Å². The van der Waals surface area contributed by atoms with E-state index in [0.29, 0.717) is 5.56 Å². The number of benzene rings is 2. The first-order valence-corrected chi connectivity index (χ1v) is 6.18. The van der Waals surface area contributed by atoms with Crippen LogP contribution in [0.3, 0.4) is 0 Å². The third kappa shape index (κ3) is 3.62. The number of hydrogen-bond acceptors (Lipinski definition) is 4. The standard InChI is InChI=1S/C15H12FNO4/c1-10(11-2-6-13(16)7-3-11)21-15(18)12-4-8-14(9-5-12)17(19)20/h2-10H,1H3/t10-/m0/s1. The van der Waals surface area contributed by atoms with Crippen molar-refractivity contribution in [2.24, 2.45) is 0 Å². The Kier molecular flexibility index (Phi) is 4.27. The Morgan fingerprint density at radius 3 is 2.24 bits per heavy atom. The van der Waals surface area contributed by atoms with Gasteiger partial charge in [0.1, 0.15) is 11.9 Å². The van der Waals surface area contributed by atoms with Gasteiger partial charge in [-0.15, -0.1) is 0 Å². The molecule has 2 aromatic rings. The maximum Gasteiger partial charge on any atom is 0.338 e. The van der Waals surface area contributed by atoms with E-state index in [1.165, 1.54) is 48.5 Å². The van der Waals surface area contributed by atoms with Gasteiger partial charge in [0.05, 0.1) is 10.5 Å². The number of nitro groups is 1. The quantitative estimate of drug-likeness (QED) is 0.489. The molecule has 0 fully saturated rings. The van der Waals surface area contributed by atoms with Gasteiger partial charge in [-0.25, -0.2) is 9.18 Å². The molecule has 0 aliphatic rings. The molecule has 2 rings (SSSR count). The lowest BCUT2D eigenvalue weighted by atomic mass is 10.1. The van der Waals surface area contributed by atoms with Crippen molar-refractivity contribution < 1.29 is 18.8 Å². The second-order valence-electron chi connectivity index (χ2n) is 4.40. The average molecular weight is 289 g/mol. The van der Waals surface area contributed by atoms with Crippen molar-refractivity contribution in [3.8, 4) is 0 Å². The van der Waals surface area contributed by atoms with Gasteiger partial charge in [0.2, 0.25) is 0 Å². The predicted octanol–water partition coefficient (Wildman–Crippen LogP) is 3.65. The Morgan fingerprint density at radius 1 is 1.14 bits per heavy atom. The molecule has 5 nitrogen and oxygen atoms in total. The summed E-state index contributed by atoms with van der Waals surface area (Å²) < 4.78 is 18.0. The smallest absolute Gasteiger partial charge is 0.338 e. The lowest BCUT2D eigenvalue weighted by molar-refractivity contribution is -0.384. The molecule has 0 spiro atoms. The number of carbonyl (C=O) groups is 1. The Hall–Kier alpha value is -2.76. The lowest BCUT2D eigenvalue weighted by Crippen LogP contribution is -2.09. The summed E-state index contributed by atoms with van der Waals surface area (Å²) in [7, 11) is 0. The summed E-state index contributed by atoms with van der Waals surface area (Å²) in [4.78, 5) is 21.9. The largest absolute Gasteiger partial charge is 0.454 e. The van der Waals surface area contributed by atoms with Crippen LogP contribution in [0.5, 0.6) is 0 Å². The zero-order valence-electron chi connectivity index (χ0n) is 11.2. The zero-order valence-corrected chi connectivity index (χ0v) is 11.2. The second-order valence-corrected chi connectivity index (χ2v) is 4.40. The molecule has 6 heteroatoms. The molecular formula is C15H12FNO4. The SMILES string of the molecule is C[C@H](OC(=O)c1ccc([N+](=O)[O-])cc1)c1ccc(F)cc1. The molecule has 0 amide bonds. The maximum atomic E-state index is 12.8. The molecule has 0 aliphatic heterocycles. The number of rotatable bonds is 4. The van der Waals surface area contributed by atoms with E-state index in [0.717, 1.165) is 0 Å². The second kappa shape index (κ2) is 6.13. The van der Waals surface area contributed by atoms with E-state index in [4.69, 9.17) is 4.74 Å². The normalized spacial score (nSPS) is 11.7. The monoisotopic (exact) mass is 289 g/mol. The highest BCUT2D eigenvalue weighted by molar-refractivity contribution is 5.89. The van der Waals surface area contributed by atoms with Gasteiger partial charge in [0, 0.05) is 12.1 Å². The topological polar surface area (TPSA) is 69.4 Å². The Balaban J connectivity index is 2.06. The lowest BCUT2D eigenvalue weighted by Gasteiger charge is -2.13. The van der Waals surface area contributed by atoms with E-state index in [-0.39, 0.29) is 17.1 Å². The van der Waals surface area contributed by atoms with Gasteiger partial charge >= 0.3 is 5.97 Å². The van der Waals surface area contributed by atoms with Gasteiger partial charge in [-0.05, 0) is 36.8 Å².